The lowest BCUT2D eigenvalue weighted by molar-refractivity contribution is -0.119. The molecule has 0 radical (unpaired) electrons. The molecule has 0 spiro atoms. The summed E-state index contributed by atoms with van der Waals surface area (Å²) in [5.74, 6) is 0.934. The van der Waals surface area contributed by atoms with Crippen LogP contribution < -0.4 is 15.0 Å². The zero-order chi connectivity index (χ0) is 20.6. The van der Waals surface area contributed by atoms with E-state index >= 15 is 0 Å². The average molecular weight is 401 g/mol. The summed E-state index contributed by atoms with van der Waals surface area (Å²) < 4.78 is 6.01. The fourth-order valence-electron chi connectivity index (χ4n) is 3.83. The number of hydrogen-bond acceptors (Lipinski definition) is 3. The zero-order valence-electron chi connectivity index (χ0n) is 17.2. The third kappa shape index (κ3) is 5.41. The molecule has 0 saturated heterocycles. The van der Waals surface area contributed by atoms with E-state index in [-0.39, 0.29) is 5.91 Å². The molecule has 3 aromatic rings. The van der Waals surface area contributed by atoms with Gasteiger partial charge in [-0.1, -0.05) is 60.7 Å². The Bertz CT molecular complexity index is 957. The van der Waals surface area contributed by atoms with Crippen molar-refractivity contribution in [3.63, 3.8) is 0 Å². The standard InChI is InChI=1S/C26H28N2O2/c29-26(27-18-21-9-3-1-4-10-21)19-28-16-8-7-13-23-17-24(14-15-25(23)28)30-20-22-11-5-2-6-12-22/h1-6,9-12,14-15,17H,7-8,13,16,18-20H2,(H,27,29). The minimum atomic E-state index is 0.0520. The highest BCUT2D eigenvalue weighted by molar-refractivity contribution is 5.81. The highest BCUT2D eigenvalue weighted by atomic mass is 16.5. The Labute approximate surface area is 178 Å². The van der Waals surface area contributed by atoms with E-state index in [9.17, 15) is 4.79 Å². The van der Waals surface area contributed by atoms with Crippen molar-refractivity contribution in [1.82, 2.24) is 5.32 Å². The summed E-state index contributed by atoms with van der Waals surface area (Å²) in [4.78, 5) is 14.8. The van der Waals surface area contributed by atoms with Crippen molar-refractivity contribution in [2.75, 3.05) is 18.0 Å². The van der Waals surface area contributed by atoms with Gasteiger partial charge in [-0.15, -0.1) is 0 Å². The molecule has 0 fully saturated rings. The Morgan fingerprint density at radius 1 is 0.900 bits per heavy atom. The van der Waals surface area contributed by atoms with Crippen LogP contribution in [0.15, 0.2) is 78.9 Å². The third-order valence-corrected chi connectivity index (χ3v) is 5.43. The highest BCUT2D eigenvalue weighted by Crippen LogP contribution is 2.30. The van der Waals surface area contributed by atoms with Crippen molar-refractivity contribution < 1.29 is 9.53 Å². The topological polar surface area (TPSA) is 41.6 Å². The van der Waals surface area contributed by atoms with Gasteiger partial charge in [0.05, 0.1) is 6.54 Å². The Balaban J connectivity index is 1.39. The fourth-order valence-corrected chi connectivity index (χ4v) is 3.83. The Morgan fingerprint density at radius 2 is 1.63 bits per heavy atom. The SMILES string of the molecule is O=C(CN1CCCCc2cc(OCc3ccccc3)ccc21)NCc1ccccc1. The number of carbonyl (C=O) groups is 1. The maximum absolute atomic E-state index is 12.6. The minimum absolute atomic E-state index is 0.0520. The first-order valence-corrected chi connectivity index (χ1v) is 10.6. The normalized spacial score (nSPS) is 13.3. The van der Waals surface area contributed by atoms with E-state index in [4.69, 9.17) is 4.74 Å². The Hall–Kier alpha value is -3.27. The highest BCUT2D eigenvalue weighted by Gasteiger charge is 2.18. The molecule has 4 nitrogen and oxygen atoms in total. The molecule has 1 aliphatic heterocycles. The van der Waals surface area contributed by atoms with Crippen molar-refractivity contribution in [1.29, 1.82) is 0 Å². The monoisotopic (exact) mass is 400 g/mol. The van der Waals surface area contributed by atoms with Gasteiger partial charge in [0.15, 0.2) is 0 Å². The average Bonchev–Trinajstić information content (AvgIpc) is 2.99. The van der Waals surface area contributed by atoms with Gasteiger partial charge in [-0.25, -0.2) is 0 Å². The lowest BCUT2D eigenvalue weighted by atomic mass is 10.1. The first-order chi connectivity index (χ1) is 14.8. The van der Waals surface area contributed by atoms with Gasteiger partial charge in [0.25, 0.3) is 0 Å². The number of ether oxygens (including phenoxy) is 1. The van der Waals surface area contributed by atoms with Crippen molar-refractivity contribution in [3.8, 4) is 5.75 Å². The molecule has 0 bridgehead atoms. The van der Waals surface area contributed by atoms with E-state index in [1.165, 1.54) is 5.56 Å². The molecule has 1 N–H and O–H groups in total. The van der Waals surface area contributed by atoms with Gasteiger partial charge in [0, 0.05) is 18.8 Å². The molecule has 3 aromatic carbocycles. The number of nitrogens with one attached hydrogen (secondary N) is 1. The molecule has 4 heteroatoms. The van der Waals surface area contributed by atoms with E-state index in [0.717, 1.165) is 48.4 Å². The van der Waals surface area contributed by atoms with Crippen LogP contribution in [0.2, 0.25) is 0 Å². The van der Waals surface area contributed by atoms with Gasteiger partial charge in [-0.3, -0.25) is 4.79 Å². The molecular formula is C26H28N2O2. The predicted octanol–water partition coefficient (Wildman–Crippen LogP) is 4.72. The molecule has 30 heavy (non-hydrogen) atoms. The maximum atomic E-state index is 12.6. The van der Waals surface area contributed by atoms with E-state index < -0.39 is 0 Å². The van der Waals surface area contributed by atoms with Crippen LogP contribution in [-0.2, 0) is 24.4 Å². The van der Waals surface area contributed by atoms with Crippen LogP contribution in [0, 0.1) is 0 Å². The smallest absolute Gasteiger partial charge is 0.239 e. The lowest BCUT2D eigenvalue weighted by Gasteiger charge is -2.24. The van der Waals surface area contributed by atoms with E-state index in [2.05, 4.69) is 34.5 Å². The molecule has 0 aliphatic carbocycles. The van der Waals surface area contributed by atoms with Crippen molar-refractivity contribution >= 4 is 11.6 Å². The number of hydrogen-bond donors (Lipinski definition) is 1. The van der Waals surface area contributed by atoms with Gasteiger partial charge >= 0.3 is 0 Å². The van der Waals surface area contributed by atoms with E-state index in [1.54, 1.807) is 0 Å². The molecular weight excluding hydrogens is 372 g/mol. The lowest BCUT2D eigenvalue weighted by Crippen LogP contribution is -2.37. The van der Waals surface area contributed by atoms with Crippen LogP contribution in [0.4, 0.5) is 5.69 Å². The second-order valence-electron chi connectivity index (χ2n) is 7.71. The third-order valence-electron chi connectivity index (χ3n) is 5.43. The van der Waals surface area contributed by atoms with Crippen LogP contribution in [-0.4, -0.2) is 19.0 Å². The van der Waals surface area contributed by atoms with Crippen LogP contribution in [0.25, 0.3) is 0 Å². The van der Waals surface area contributed by atoms with Gasteiger partial charge in [0.1, 0.15) is 12.4 Å². The number of amides is 1. The van der Waals surface area contributed by atoms with E-state index in [0.29, 0.717) is 19.7 Å². The molecule has 1 amide bonds. The van der Waals surface area contributed by atoms with Crippen LogP contribution >= 0.6 is 0 Å². The first kappa shape index (κ1) is 20.0. The number of benzene rings is 3. The number of carbonyl (C=O) groups excluding carboxylic acids is 1. The summed E-state index contributed by atoms with van der Waals surface area (Å²) in [5.41, 5.74) is 4.68. The number of nitrogens with zero attached hydrogens (tertiary/aromatic N) is 1. The number of anilines is 1. The summed E-state index contributed by atoms with van der Waals surface area (Å²) in [6.07, 6.45) is 3.22. The van der Waals surface area contributed by atoms with Gasteiger partial charge in [-0.2, -0.15) is 0 Å². The minimum Gasteiger partial charge on any atom is -0.489 e. The van der Waals surface area contributed by atoms with E-state index in [1.807, 2.05) is 54.6 Å². The molecule has 4 rings (SSSR count). The Morgan fingerprint density at radius 3 is 2.40 bits per heavy atom. The van der Waals surface area contributed by atoms with Crippen molar-refractivity contribution in [2.24, 2.45) is 0 Å². The Kier molecular flexibility index (Phi) is 6.65. The first-order valence-electron chi connectivity index (χ1n) is 10.6. The summed E-state index contributed by atoms with van der Waals surface area (Å²) in [7, 11) is 0. The molecule has 154 valence electrons. The van der Waals surface area contributed by atoms with Crippen LogP contribution in [0.1, 0.15) is 29.5 Å². The summed E-state index contributed by atoms with van der Waals surface area (Å²) in [5, 5.41) is 3.04. The second kappa shape index (κ2) is 9.97. The van der Waals surface area contributed by atoms with Gasteiger partial charge < -0.3 is 15.0 Å². The quantitative estimate of drug-likeness (QED) is 0.624. The fraction of sp³-hybridized carbons (Fsp3) is 0.269. The summed E-state index contributed by atoms with van der Waals surface area (Å²) in [6.45, 7) is 2.40. The van der Waals surface area contributed by atoms with Gasteiger partial charge in [0.2, 0.25) is 5.91 Å². The predicted molar refractivity (Wildman–Crippen MR) is 121 cm³/mol. The van der Waals surface area contributed by atoms with Gasteiger partial charge in [-0.05, 0) is 54.2 Å². The maximum Gasteiger partial charge on any atom is 0.239 e. The molecule has 1 heterocycles. The molecule has 0 atom stereocenters. The number of rotatable bonds is 7. The van der Waals surface area contributed by atoms with Crippen molar-refractivity contribution in [2.45, 2.75) is 32.4 Å². The van der Waals surface area contributed by atoms with Crippen LogP contribution in [0.5, 0.6) is 5.75 Å². The van der Waals surface area contributed by atoms with Crippen molar-refractivity contribution in [3.05, 3.63) is 95.6 Å². The molecule has 0 saturated carbocycles. The number of aryl methyl sites for hydroxylation is 1. The largest absolute Gasteiger partial charge is 0.489 e. The zero-order valence-corrected chi connectivity index (χ0v) is 17.2. The molecule has 0 aromatic heterocycles. The second-order valence-corrected chi connectivity index (χ2v) is 7.71. The summed E-state index contributed by atoms with van der Waals surface area (Å²) >= 11 is 0. The molecule has 0 unspecified atom stereocenters. The van der Waals surface area contributed by atoms with Crippen LogP contribution in [0.3, 0.4) is 0 Å². The molecule has 1 aliphatic rings. The number of fused-ring (bicyclic) bond motifs is 1. The summed E-state index contributed by atoms with van der Waals surface area (Å²) in [6, 6.07) is 26.5.